The van der Waals surface area contributed by atoms with Crippen LogP contribution in [0.2, 0.25) is 0 Å². The van der Waals surface area contributed by atoms with E-state index in [0.29, 0.717) is 10.6 Å². The molecule has 0 aromatic heterocycles. The highest BCUT2D eigenvalue weighted by Gasteiger charge is 2.52. The van der Waals surface area contributed by atoms with Crippen molar-refractivity contribution in [3.63, 3.8) is 0 Å². The average molecular weight is 425 g/mol. The fraction of sp³-hybridized carbons (Fsp3) is 0.588. The lowest BCUT2D eigenvalue weighted by Gasteiger charge is -2.28. The summed E-state index contributed by atoms with van der Waals surface area (Å²) < 4.78 is 48.9. The first-order valence-corrected chi connectivity index (χ1v) is 10.1. The van der Waals surface area contributed by atoms with E-state index in [-0.39, 0.29) is 13.2 Å². The zero-order valence-electron chi connectivity index (χ0n) is 16.3. The smallest absolute Gasteiger partial charge is 0.434 e. The molecule has 8 nitrogen and oxygen atoms in total. The Bertz CT molecular complexity index is 667. The van der Waals surface area contributed by atoms with E-state index in [0.717, 1.165) is 0 Å². The highest BCUT2D eigenvalue weighted by molar-refractivity contribution is 7.54. The maximum Gasteiger partial charge on any atom is 0.434 e. The largest absolute Gasteiger partial charge is 0.442 e. The predicted octanol–water partition coefficient (Wildman–Crippen LogP) is 4.49. The molecule has 1 amide bonds. The molecule has 0 heterocycles. The third-order valence-corrected chi connectivity index (χ3v) is 4.49. The molecule has 0 bridgehead atoms. The summed E-state index contributed by atoms with van der Waals surface area (Å²) in [4.78, 5) is 31.2. The van der Waals surface area contributed by atoms with Gasteiger partial charge in [0.25, 0.3) is 0 Å². The van der Waals surface area contributed by atoms with Crippen molar-refractivity contribution < 1.29 is 42.2 Å². The minimum Gasteiger partial charge on any atom is -0.442 e. The van der Waals surface area contributed by atoms with Gasteiger partial charge in [-0.25, -0.2) is 9.68 Å². The Balaban J connectivity index is 2.83. The van der Waals surface area contributed by atoms with Gasteiger partial charge < -0.3 is 9.63 Å². The molecule has 0 fully saturated rings. The van der Waals surface area contributed by atoms with Crippen molar-refractivity contribution in [1.82, 2.24) is 5.06 Å². The summed E-state index contributed by atoms with van der Waals surface area (Å²) in [5.41, 5.74) is -4.37. The van der Waals surface area contributed by atoms with Crippen molar-refractivity contribution in [2.24, 2.45) is 0 Å². The van der Waals surface area contributed by atoms with Crippen LogP contribution in [0.5, 0.6) is 0 Å². The first-order chi connectivity index (χ1) is 12.9. The second kappa shape index (κ2) is 10.3. The molecule has 0 spiro atoms. The summed E-state index contributed by atoms with van der Waals surface area (Å²) in [7, 11) is -5.41. The maximum atomic E-state index is 14.1. The van der Waals surface area contributed by atoms with E-state index in [1.807, 2.05) is 0 Å². The molecule has 1 N–H and O–H groups in total. The Morgan fingerprint density at radius 1 is 1.21 bits per heavy atom. The molecular weight excluding hydrogens is 399 g/mol. The summed E-state index contributed by atoms with van der Waals surface area (Å²) in [6.07, 6.45) is -2.21. The van der Waals surface area contributed by atoms with Gasteiger partial charge in [0.1, 0.15) is 12.2 Å². The van der Waals surface area contributed by atoms with Crippen LogP contribution in [0.15, 0.2) is 30.3 Å². The van der Waals surface area contributed by atoms with Crippen LogP contribution in [0, 0.1) is 0 Å². The Hall–Kier alpha value is -1.58. The lowest BCUT2D eigenvalue weighted by molar-refractivity contribution is -0.219. The van der Waals surface area contributed by atoms with Crippen molar-refractivity contribution in [2.45, 2.75) is 52.0 Å². The quantitative estimate of drug-likeness (QED) is 0.335. The molecule has 0 saturated heterocycles. The molecular formula is C17H26F2NO7P. The third-order valence-electron chi connectivity index (χ3n) is 3.13. The fourth-order valence-electron chi connectivity index (χ4n) is 1.80. The summed E-state index contributed by atoms with van der Waals surface area (Å²) in [6, 6.07) is 8.72. The van der Waals surface area contributed by atoms with Crippen LogP contribution in [0.4, 0.5) is 13.6 Å². The first-order valence-electron chi connectivity index (χ1n) is 8.57. The highest BCUT2D eigenvalue weighted by atomic mass is 31.2. The average Bonchev–Trinajstić information content (AvgIpc) is 2.59. The molecule has 0 radical (unpaired) electrons. The van der Waals surface area contributed by atoms with Crippen LogP contribution >= 0.6 is 7.60 Å². The topological polar surface area (TPSA) is 94.5 Å². The number of rotatable bonds is 10. The summed E-state index contributed by atoms with van der Waals surface area (Å²) in [5, 5.41) is 0.590. The fourth-order valence-corrected chi connectivity index (χ4v) is 2.54. The minimum absolute atomic E-state index is 0.0854. The lowest BCUT2D eigenvalue weighted by atomic mass is 10.2. The number of hydrogen-bond donors (Lipinski definition) is 1. The van der Waals surface area contributed by atoms with Crippen molar-refractivity contribution in [3.05, 3.63) is 35.9 Å². The monoisotopic (exact) mass is 425 g/mol. The normalized spacial score (nSPS) is 14.4. The van der Waals surface area contributed by atoms with Crippen LogP contribution in [-0.2, 0) is 30.3 Å². The molecule has 28 heavy (non-hydrogen) atoms. The van der Waals surface area contributed by atoms with Gasteiger partial charge in [0.05, 0.1) is 13.2 Å². The van der Waals surface area contributed by atoms with Crippen LogP contribution in [0.25, 0.3) is 0 Å². The van der Waals surface area contributed by atoms with Crippen molar-refractivity contribution in [1.29, 1.82) is 0 Å². The Morgan fingerprint density at radius 3 is 2.36 bits per heavy atom. The standard InChI is InChI=1S/C17H26F2NO7P/c1-5-25-27-28(22,23)17(18,19)11-12-20(15(21)26-16(2,3)4)24-13-14-9-7-6-8-10-14/h6-10H,5,11-13H2,1-4H3,(H,22,23). The molecule has 11 heteroatoms. The molecule has 1 aromatic rings. The molecule has 0 aliphatic heterocycles. The molecule has 160 valence electrons. The molecule has 0 saturated carbocycles. The number of halogens is 2. The lowest BCUT2D eigenvalue weighted by Crippen LogP contribution is -2.39. The van der Waals surface area contributed by atoms with Gasteiger partial charge in [-0.2, -0.15) is 13.8 Å². The molecule has 1 atom stereocenters. The van der Waals surface area contributed by atoms with Crippen LogP contribution in [0.3, 0.4) is 0 Å². The summed E-state index contributed by atoms with van der Waals surface area (Å²) in [5.74, 6) is 0. The number of benzene rings is 1. The second-order valence-electron chi connectivity index (χ2n) is 6.76. The number of carbonyl (C=O) groups is 1. The molecule has 0 aliphatic rings. The zero-order chi connectivity index (χ0) is 21.4. The Morgan fingerprint density at radius 2 is 1.82 bits per heavy atom. The predicted molar refractivity (Wildman–Crippen MR) is 96.3 cm³/mol. The van der Waals surface area contributed by atoms with Gasteiger partial charge in [0.2, 0.25) is 0 Å². The van der Waals surface area contributed by atoms with Gasteiger partial charge >= 0.3 is 19.4 Å². The van der Waals surface area contributed by atoms with Gasteiger partial charge in [-0.3, -0.25) is 9.40 Å². The Kier molecular flexibility index (Phi) is 8.97. The van der Waals surface area contributed by atoms with Crippen LogP contribution in [-0.4, -0.2) is 40.5 Å². The van der Waals surface area contributed by atoms with E-state index in [4.69, 9.17) is 9.57 Å². The zero-order valence-corrected chi connectivity index (χ0v) is 17.2. The van der Waals surface area contributed by atoms with Crippen LogP contribution in [0.1, 0.15) is 39.7 Å². The van der Waals surface area contributed by atoms with E-state index in [2.05, 4.69) is 9.56 Å². The van der Waals surface area contributed by atoms with Gasteiger partial charge in [-0.05, 0) is 33.3 Å². The van der Waals surface area contributed by atoms with E-state index in [1.165, 1.54) is 6.92 Å². The maximum absolute atomic E-state index is 14.1. The van der Waals surface area contributed by atoms with Crippen molar-refractivity contribution in [2.75, 3.05) is 13.2 Å². The molecule has 1 rings (SSSR count). The number of ether oxygens (including phenoxy) is 1. The minimum atomic E-state index is -5.41. The first kappa shape index (κ1) is 24.5. The summed E-state index contributed by atoms with van der Waals surface area (Å²) >= 11 is 0. The van der Waals surface area contributed by atoms with E-state index >= 15 is 0 Å². The number of hydrogen-bond acceptors (Lipinski definition) is 6. The third kappa shape index (κ3) is 8.20. The number of hydroxylamine groups is 2. The van der Waals surface area contributed by atoms with Crippen molar-refractivity contribution in [3.8, 4) is 0 Å². The van der Waals surface area contributed by atoms with E-state index < -0.39 is 37.9 Å². The van der Waals surface area contributed by atoms with Gasteiger partial charge in [-0.1, -0.05) is 30.3 Å². The number of nitrogens with zero attached hydrogens (tertiary/aromatic N) is 1. The summed E-state index contributed by atoms with van der Waals surface area (Å²) in [6.45, 7) is 5.23. The van der Waals surface area contributed by atoms with Crippen molar-refractivity contribution >= 4 is 13.7 Å². The molecule has 1 aromatic carbocycles. The number of amides is 1. The number of alkyl halides is 2. The van der Waals surface area contributed by atoms with E-state index in [9.17, 15) is 23.0 Å². The SMILES string of the molecule is CCOOP(=O)(O)C(F)(F)CCN(OCc1ccccc1)C(=O)OC(C)(C)C. The molecule has 0 aliphatic carbocycles. The van der Waals surface area contributed by atoms with E-state index in [1.54, 1.807) is 51.1 Å². The Labute approximate surface area is 162 Å². The molecule has 1 unspecified atom stereocenters. The van der Waals surface area contributed by atoms with Crippen LogP contribution < -0.4 is 0 Å². The van der Waals surface area contributed by atoms with Gasteiger partial charge in [0.15, 0.2) is 0 Å². The highest BCUT2D eigenvalue weighted by Crippen LogP contribution is 2.59. The second-order valence-corrected chi connectivity index (χ2v) is 8.60. The van der Waals surface area contributed by atoms with Gasteiger partial charge in [-0.15, -0.1) is 4.67 Å². The van der Waals surface area contributed by atoms with Gasteiger partial charge in [0, 0.05) is 6.42 Å². The number of carbonyl (C=O) groups excluding carboxylic acids is 1.